The van der Waals surface area contributed by atoms with Crippen LogP contribution in [0, 0.1) is 5.92 Å². The molecule has 3 nitrogen and oxygen atoms in total. The minimum Gasteiger partial charge on any atom is -0.465 e. The lowest BCUT2D eigenvalue weighted by Crippen LogP contribution is -2.59. The molecule has 0 radical (unpaired) electrons. The van der Waals surface area contributed by atoms with Gasteiger partial charge < -0.3 is 4.74 Å². The molecule has 0 aromatic heterocycles. The van der Waals surface area contributed by atoms with Gasteiger partial charge in [0.2, 0.25) is 0 Å². The Morgan fingerprint density at radius 1 is 1.24 bits per heavy atom. The van der Waals surface area contributed by atoms with Crippen LogP contribution in [0.3, 0.4) is 0 Å². The smallest absolute Gasteiger partial charge is 0.323 e. The first kappa shape index (κ1) is 14.6. The van der Waals surface area contributed by atoms with E-state index in [-0.39, 0.29) is 18.1 Å². The minimum atomic E-state index is -0.0485. The number of nitrogens with zero attached hydrogens (tertiary/aromatic N) is 1. The highest BCUT2D eigenvalue weighted by atomic mass is 16.5. The van der Waals surface area contributed by atoms with E-state index in [0.717, 1.165) is 0 Å². The number of rotatable bonds is 4. The number of hydrogen-bond donors (Lipinski definition) is 0. The van der Waals surface area contributed by atoms with Crippen molar-refractivity contribution in [2.75, 3.05) is 6.61 Å². The second-order valence-corrected chi connectivity index (χ2v) is 6.30. The SMILES string of the molecule is CCOC(=O)[C@H]1C2CCC(CC2)N1[C@H](C)c1ccccc1. The number of benzene rings is 1. The van der Waals surface area contributed by atoms with Crippen LogP contribution in [-0.4, -0.2) is 29.6 Å². The Bertz CT molecular complexity index is 479. The fraction of sp³-hybridized carbons (Fsp3) is 0.611. The van der Waals surface area contributed by atoms with Crippen LogP contribution < -0.4 is 0 Å². The molecule has 3 heteroatoms. The van der Waals surface area contributed by atoms with Crippen LogP contribution in [0.25, 0.3) is 0 Å². The molecule has 0 unspecified atom stereocenters. The number of esters is 1. The molecule has 3 fully saturated rings. The topological polar surface area (TPSA) is 29.5 Å². The van der Waals surface area contributed by atoms with Crippen molar-refractivity contribution in [3.63, 3.8) is 0 Å². The quantitative estimate of drug-likeness (QED) is 0.793. The first-order valence-corrected chi connectivity index (χ1v) is 8.21. The molecule has 21 heavy (non-hydrogen) atoms. The molecule has 1 aliphatic carbocycles. The zero-order valence-electron chi connectivity index (χ0n) is 13.0. The highest BCUT2D eigenvalue weighted by molar-refractivity contribution is 5.76. The van der Waals surface area contributed by atoms with Gasteiger partial charge in [-0.25, -0.2) is 0 Å². The molecule has 1 aromatic rings. The van der Waals surface area contributed by atoms with Gasteiger partial charge in [-0.3, -0.25) is 9.69 Å². The molecule has 1 aromatic carbocycles. The number of carbonyl (C=O) groups excluding carboxylic acids is 1. The molecule has 2 heterocycles. The third-order valence-electron chi connectivity index (χ3n) is 5.19. The summed E-state index contributed by atoms with van der Waals surface area (Å²) in [5.41, 5.74) is 1.29. The van der Waals surface area contributed by atoms with Gasteiger partial charge in [0.15, 0.2) is 0 Å². The van der Waals surface area contributed by atoms with E-state index in [1.54, 1.807) is 0 Å². The molecule has 4 rings (SSSR count). The summed E-state index contributed by atoms with van der Waals surface area (Å²) in [5, 5.41) is 0. The zero-order valence-corrected chi connectivity index (χ0v) is 13.0. The third-order valence-corrected chi connectivity index (χ3v) is 5.19. The molecule has 1 saturated carbocycles. The lowest BCUT2D eigenvalue weighted by molar-refractivity contribution is -0.161. The molecular formula is C18H25NO2. The van der Waals surface area contributed by atoms with Crippen molar-refractivity contribution >= 4 is 5.97 Å². The van der Waals surface area contributed by atoms with Gasteiger partial charge in [-0.15, -0.1) is 0 Å². The summed E-state index contributed by atoms with van der Waals surface area (Å²) in [5.74, 6) is 0.454. The standard InChI is InChI=1S/C18H25NO2/c1-3-21-18(20)17-15-9-11-16(12-10-15)19(17)13(2)14-7-5-4-6-8-14/h4-8,13,15-17H,3,9-12H2,1-2H3/t13-,15?,16?,17-/m1/s1. The fourth-order valence-electron chi connectivity index (χ4n) is 4.19. The van der Waals surface area contributed by atoms with E-state index in [0.29, 0.717) is 18.6 Å². The maximum atomic E-state index is 12.5. The predicted octanol–water partition coefficient (Wildman–Crippen LogP) is 3.55. The van der Waals surface area contributed by atoms with Crippen molar-refractivity contribution in [3.05, 3.63) is 35.9 Å². The molecule has 3 aliphatic rings. The van der Waals surface area contributed by atoms with E-state index in [4.69, 9.17) is 4.74 Å². The molecular weight excluding hydrogens is 262 g/mol. The molecule has 0 N–H and O–H groups in total. The predicted molar refractivity (Wildman–Crippen MR) is 82.9 cm³/mol. The number of piperidine rings is 2. The van der Waals surface area contributed by atoms with Crippen molar-refractivity contribution in [1.29, 1.82) is 0 Å². The lowest BCUT2D eigenvalue weighted by atomic mass is 9.73. The van der Waals surface area contributed by atoms with E-state index in [1.165, 1.54) is 31.2 Å². The van der Waals surface area contributed by atoms with Crippen molar-refractivity contribution in [3.8, 4) is 0 Å². The second-order valence-electron chi connectivity index (χ2n) is 6.30. The molecule has 0 amide bonds. The summed E-state index contributed by atoms with van der Waals surface area (Å²) in [6, 6.07) is 11.3. The maximum absolute atomic E-state index is 12.5. The maximum Gasteiger partial charge on any atom is 0.323 e. The van der Waals surface area contributed by atoms with E-state index < -0.39 is 0 Å². The highest BCUT2D eigenvalue weighted by Crippen LogP contribution is 2.44. The molecule has 2 atom stereocenters. The highest BCUT2D eigenvalue weighted by Gasteiger charge is 2.47. The largest absolute Gasteiger partial charge is 0.465 e. The lowest BCUT2D eigenvalue weighted by Gasteiger charge is -2.52. The van der Waals surface area contributed by atoms with Crippen LogP contribution in [0.4, 0.5) is 0 Å². The molecule has 0 spiro atoms. The van der Waals surface area contributed by atoms with Gasteiger partial charge in [-0.05, 0) is 51.0 Å². The molecule has 2 bridgehead atoms. The van der Waals surface area contributed by atoms with Crippen LogP contribution in [-0.2, 0) is 9.53 Å². The van der Waals surface area contributed by atoms with E-state index in [9.17, 15) is 4.79 Å². The minimum absolute atomic E-state index is 0.0188. The van der Waals surface area contributed by atoms with Crippen LogP contribution in [0.15, 0.2) is 30.3 Å². The van der Waals surface area contributed by atoms with E-state index >= 15 is 0 Å². The van der Waals surface area contributed by atoms with Crippen molar-refractivity contribution in [2.24, 2.45) is 5.92 Å². The van der Waals surface area contributed by atoms with Gasteiger partial charge in [-0.1, -0.05) is 30.3 Å². The Morgan fingerprint density at radius 2 is 1.90 bits per heavy atom. The second kappa shape index (κ2) is 6.18. The van der Waals surface area contributed by atoms with Gasteiger partial charge in [0.1, 0.15) is 6.04 Å². The zero-order chi connectivity index (χ0) is 14.8. The van der Waals surface area contributed by atoms with E-state index in [2.05, 4.69) is 36.1 Å². The van der Waals surface area contributed by atoms with Crippen LogP contribution in [0.2, 0.25) is 0 Å². The number of hydrogen-bond acceptors (Lipinski definition) is 3. The van der Waals surface area contributed by atoms with Crippen molar-refractivity contribution in [2.45, 2.75) is 57.7 Å². The van der Waals surface area contributed by atoms with Gasteiger partial charge in [0, 0.05) is 12.1 Å². The number of ether oxygens (including phenoxy) is 1. The Labute approximate surface area is 127 Å². The summed E-state index contributed by atoms with van der Waals surface area (Å²) in [4.78, 5) is 14.9. The fourth-order valence-corrected chi connectivity index (χ4v) is 4.19. The Kier molecular flexibility index (Phi) is 4.29. The van der Waals surface area contributed by atoms with Crippen LogP contribution in [0.5, 0.6) is 0 Å². The van der Waals surface area contributed by atoms with Crippen LogP contribution in [0.1, 0.15) is 51.1 Å². The first-order chi connectivity index (χ1) is 10.2. The molecule has 114 valence electrons. The molecule has 2 aliphatic heterocycles. The third kappa shape index (κ3) is 2.71. The van der Waals surface area contributed by atoms with Crippen molar-refractivity contribution in [1.82, 2.24) is 4.90 Å². The summed E-state index contributed by atoms with van der Waals surface area (Å²) in [7, 11) is 0. The van der Waals surface area contributed by atoms with Gasteiger partial charge in [0.25, 0.3) is 0 Å². The van der Waals surface area contributed by atoms with Gasteiger partial charge in [-0.2, -0.15) is 0 Å². The van der Waals surface area contributed by atoms with Gasteiger partial charge >= 0.3 is 5.97 Å². The Hall–Kier alpha value is -1.35. The number of carbonyl (C=O) groups is 1. The molecule has 2 saturated heterocycles. The van der Waals surface area contributed by atoms with Crippen molar-refractivity contribution < 1.29 is 9.53 Å². The average molecular weight is 287 g/mol. The summed E-state index contributed by atoms with van der Waals surface area (Å²) in [6.07, 6.45) is 4.79. The van der Waals surface area contributed by atoms with Crippen LogP contribution >= 0.6 is 0 Å². The summed E-state index contributed by atoms with van der Waals surface area (Å²) >= 11 is 0. The Morgan fingerprint density at radius 3 is 2.52 bits per heavy atom. The summed E-state index contributed by atoms with van der Waals surface area (Å²) < 4.78 is 5.37. The average Bonchev–Trinajstić information content (AvgIpc) is 2.55. The number of fused-ring (bicyclic) bond motifs is 3. The normalized spacial score (nSPS) is 30.1. The van der Waals surface area contributed by atoms with E-state index in [1.807, 2.05) is 13.0 Å². The Balaban J connectivity index is 1.87. The monoisotopic (exact) mass is 287 g/mol. The van der Waals surface area contributed by atoms with Gasteiger partial charge in [0.05, 0.1) is 6.61 Å². The first-order valence-electron chi connectivity index (χ1n) is 8.21. The summed E-state index contributed by atoms with van der Waals surface area (Å²) in [6.45, 7) is 4.59.